The third kappa shape index (κ3) is 5.30. The fourth-order valence-corrected chi connectivity index (χ4v) is 3.39. The molecule has 25 heavy (non-hydrogen) atoms. The number of likely N-dealkylation sites (tertiary alicyclic amines) is 1. The first kappa shape index (κ1) is 19.9. The highest BCUT2D eigenvalue weighted by atomic mass is 35.5. The van der Waals surface area contributed by atoms with Crippen LogP contribution in [0.2, 0.25) is 0 Å². The zero-order valence-corrected chi connectivity index (χ0v) is 15.1. The largest absolute Gasteiger partial charge is 0.490 e. The van der Waals surface area contributed by atoms with Gasteiger partial charge in [0.05, 0.1) is 6.04 Å². The summed E-state index contributed by atoms with van der Waals surface area (Å²) in [6.07, 6.45) is 3.31. The lowest BCUT2D eigenvalue weighted by molar-refractivity contribution is -0.136. The Morgan fingerprint density at radius 2 is 1.76 bits per heavy atom. The third-order valence-corrected chi connectivity index (χ3v) is 4.93. The first-order chi connectivity index (χ1) is 11.6. The average Bonchev–Trinajstić information content (AvgIpc) is 2.64. The van der Waals surface area contributed by atoms with Crippen molar-refractivity contribution in [2.75, 3.05) is 26.3 Å². The van der Waals surface area contributed by atoms with E-state index < -0.39 is 6.04 Å². The summed E-state index contributed by atoms with van der Waals surface area (Å²) >= 11 is 0. The second kappa shape index (κ2) is 9.36. The van der Waals surface area contributed by atoms with Gasteiger partial charge in [0, 0.05) is 39.1 Å². The molecule has 2 aliphatic heterocycles. The van der Waals surface area contributed by atoms with Crippen LogP contribution >= 0.6 is 12.4 Å². The topological polar surface area (TPSA) is 64.8 Å². The Kier molecular flexibility index (Phi) is 7.47. The standard InChI is InChI=1S/C18H25FN2O3.ClH/c19-14-1-3-15(4-2-14)24-16-5-9-21(10-6-16)18(22)17(20)13-7-11-23-12-8-13;/h1-4,13,16-17H,5-12,20H2;1H. The molecule has 0 bridgehead atoms. The molecular formula is C18H26ClFN2O3. The molecule has 2 fully saturated rings. The summed E-state index contributed by atoms with van der Waals surface area (Å²) in [5, 5.41) is 0. The van der Waals surface area contributed by atoms with Crippen LogP contribution in [-0.2, 0) is 9.53 Å². The van der Waals surface area contributed by atoms with Crippen molar-refractivity contribution >= 4 is 18.3 Å². The van der Waals surface area contributed by atoms with Crippen LogP contribution < -0.4 is 10.5 Å². The quantitative estimate of drug-likeness (QED) is 0.881. The van der Waals surface area contributed by atoms with Gasteiger partial charge in [0.25, 0.3) is 0 Å². The summed E-state index contributed by atoms with van der Waals surface area (Å²) < 4.78 is 24.1. The maximum Gasteiger partial charge on any atom is 0.239 e. The summed E-state index contributed by atoms with van der Waals surface area (Å²) in [6, 6.07) is 5.62. The second-order valence-electron chi connectivity index (χ2n) is 6.57. The van der Waals surface area contributed by atoms with Gasteiger partial charge in [0.2, 0.25) is 5.91 Å². The zero-order chi connectivity index (χ0) is 16.9. The number of carbonyl (C=O) groups is 1. The SMILES string of the molecule is Cl.NC(C(=O)N1CCC(Oc2ccc(F)cc2)CC1)C1CCOCC1. The lowest BCUT2D eigenvalue weighted by Crippen LogP contribution is -2.52. The molecular weight excluding hydrogens is 347 g/mol. The van der Waals surface area contributed by atoms with Gasteiger partial charge in [-0.3, -0.25) is 4.79 Å². The molecule has 1 aromatic carbocycles. The Bertz CT molecular complexity index is 544. The molecule has 0 aliphatic carbocycles. The molecule has 2 saturated heterocycles. The van der Waals surface area contributed by atoms with Crippen LogP contribution in [0, 0.1) is 11.7 Å². The van der Waals surface area contributed by atoms with Crippen LogP contribution in [0.4, 0.5) is 4.39 Å². The Hall–Kier alpha value is -1.37. The van der Waals surface area contributed by atoms with E-state index in [2.05, 4.69) is 0 Å². The minimum absolute atomic E-state index is 0. The highest BCUT2D eigenvalue weighted by Gasteiger charge is 2.32. The molecule has 1 atom stereocenters. The Labute approximate surface area is 154 Å². The van der Waals surface area contributed by atoms with Crippen molar-refractivity contribution in [3.05, 3.63) is 30.1 Å². The van der Waals surface area contributed by atoms with E-state index in [0.29, 0.717) is 32.1 Å². The Morgan fingerprint density at radius 1 is 1.16 bits per heavy atom. The van der Waals surface area contributed by atoms with Gasteiger partial charge in [-0.05, 0) is 43.0 Å². The maximum absolute atomic E-state index is 12.9. The number of amides is 1. The van der Waals surface area contributed by atoms with Gasteiger partial charge in [-0.25, -0.2) is 4.39 Å². The molecule has 1 aromatic rings. The van der Waals surface area contributed by atoms with E-state index in [1.54, 1.807) is 12.1 Å². The molecule has 2 N–H and O–H groups in total. The second-order valence-corrected chi connectivity index (χ2v) is 6.57. The van der Waals surface area contributed by atoms with Crippen molar-refractivity contribution < 1.29 is 18.7 Å². The van der Waals surface area contributed by atoms with Crippen molar-refractivity contribution in [2.24, 2.45) is 11.7 Å². The van der Waals surface area contributed by atoms with Gasteiger partial charge in [-0.15, -0.1) is 12.4 Å². The number of nitrogens with two attached hydrogens (primary N) is 1. The van der Waals surface area contributed by atoms with Crippen LogP contribution in [0.1, 0.15) is 25.7 Å². The van der Waals surface area contributed by atoms with Crippen molar-refractivity contribution in [1.29, 1.82) is 0 Å². The lowest BCUT2D eigenvalue weighted by Gasteiger charge is -2.36. The number of hydrogen-bond donors (Lipinski definition) is 1. The number of rotatable bonds is 4. The summed E-state index contributed by atoms with van der Waals surface area (Å²) in [5.74, 6) is 0.659. The minimum Gasteiger partial charge on any atom is -0.490 e. The van der Waals surface area contributed by atoms with E-state index in [1.165, 1.54) is 12.1 Å². The predicted molar refractivity (Wildman–Crippen MR) is 95.4 cm³/mol. The van der Waals surface area contributed by atoms with Crippen molar-refractivity contribution in [1.82, 2.24) is 4.90 Å². The molecule has 3 rings (SSSR count). The zero-order valence-electron chi connectivity index (χ0n) is 14.2. The van der Waals surface area contributed by atoms with Gasteiger partial charge in [0.1, 0.15) is 17.7 Å². The van der Waals surface area contributed by atoms with E-state index in [0.717, 1.165) is 25.7 Å². The van der Waals surface area contributed by atoms with Crippen LogP contribution in [0.25, 0.3) is 0 Å². The van der Waals surface area contributed by atoms with Gasteiger partial charge in [-0.2, -0.15) is 0 Å². The number of halogens is 2. The monoisotopic (exact) mass is 372 g/mol. The normalized spacial score (nSPS) is 20.6. The predicted octanol–water partition coefficient (Wildman–Crippen LogP) is 2.37. The van der Waals surface area contributed by atoms with E-state index in [4.69, 9.17) is 15.2 Å². The highest BCUT2D eigenvalue weighted by molar-refractivity contribution is 5.85. The van der Waals surface area contributed by atoms with Gasteiger partial charge in [-0.1, -0.05) is 0 Å². The molecule has 0 saturated carbocycles. The average molecular weight is 373 g/mol. The first-order valence-electron chi connectivity index (χ1n) is 8.68. The molecule has 7 heteroatoms. The minimum atomic E-state index is -0.427. The summed E-state index contributed by atoms with van der Waals surface area (Å²) in [4.78, 5) is 14.4. The Morgan fingerprint density at radius 3 is 2.36 bits per heavy atom. The van der Waals surface area contributed by atoms with Gasteiger partial charge in [0.15, 0.2) is 0 Å². The van der Waals surface area contributed by atoms with Crippen molar-refractivity contribution in [2.45, 2.75) is 37.8 Å². The fourth-order valence-electron chi connectivity index (χ4n) is 3.39. The summed E-state index contributed by atoms with van der Waals surface area (Å²) in [6.45, 7) is 2.70. The smallest absolute Gasteiger partial charge is 0.239 e. The molecule has 0 spiro atoms. The number of piperidine rings is 1. The number of benzene rings is 1. The number of carbonyl (C=O) groups excluding carboxylic acids is 1. The maximum atomic E-state index is 12.9. The molecule has 0 aromatic heterocycles. The van der Waals surface area contributed by atoms with Gasteiger partial charge < -0.3 is 20.1 Å². The summed E-state index contributed by atoms with van der Waals surface area (Å²) in [5.41, 5.74) is 6.18. The van der Waals surface area contributed by atoms with Crippen LogP contribution in [0.5, 0.6) is 5.75 Å². The molecule has 1 unspecified atom stereocenters. The van der Waals surface area contributed by atoms with Crippen LogP contribution in [-0.4, -0.2) is 49.3 Å². The molecule has 0 radical (unpaired) electrons. The summed E-state index contributed by atoms with van der Waals surface area (Å²) in [7, 11) is 0. The fraction of sp³-hybridized carbons (Fsp3) is 0.611. The highest BCUT2D eigenvalue weighted by Crippen LogP contribution is 2.22. The molecule has 140 valence electrons. The Balaban J connectivity index is 0.00000225. The number of nitrogens with zero attached hydrogens (tertiary/aromatic N) is 1. The van der Waals surface area contributed by atoms with Gasteiger partial charge >= 0.3 is 0 Å². The number of ether oxygens (including phenoxy) is 2. The van der Waals surface area contributed by atoms with E-state index in [1.807, 2.05) is 4.90 Å². The molecule has 5 nitrogen and oxygen atoms in total. The number of hydrogen-bond acceptors (Lipinski definition) is 4. The van der Waals surface area contributed by atoms with E-state index in [9.17, 15) is 9.18 Å². The van der Waals surface area contributed by atoms with Crippen LogP contribution in [0.15, 0.2) is 24.3 Å². The molecule has 1 amide bonds. The van der Waals surface area contributed by atoms with E-state index >= 15 is 0 Å². The third-order valence-electron chi connectivity index (χ3n) is 4.93. The lowest BCUT2D eigenvalue weighted by atomic mass is 9.91. The molecule has 2 heterocycles. The molecule has 2 aliphatic rings. The van der Waals surface area contributed by atoms with Crippen molar-refractivity contribution in [3.8, 4) is 5.75 Å². The van der Waals surface area contributed by atoms with E-state index in [-0.39, 0.29) is 36.2 Å². The van der Waals surface area contributed by atoms with Crippen molar-refractivity contribution in [3.63, 3.8) is 0 Å². The van der Waals surface area contributed by atoms with Crippen LogP contribution in [0.3, 0.4) is 0 Å². The first-order valence-corrected chi connectivity index (χ1v) is 8.68.